The molecule has 0 fully saturated rings. The molecule has 0 bridgehead atoms. The van der Waals surface area contributed by atoms with Crippen molar-refractivity contribution in [2.45, 2.75) is 32.5 Å². The summed E-state index contributed by atoms with van der Waals surface area (Å²) in [6.45, 7) is 7.33. The topological polar surface area (TPSA) is 26.3 Å². The summed E-state index contributed by atoms with van der Waals surface area (Å²) in [7, 11) is -1.38. The van der Waals surface area contributed by atoms with Crippen LogP contribution >= 0.6 is 0 Å². The molecule has 1 aliphatic heterocycles. The van der Waals surface area contributed by atoms with E-state index in [-0.39, 0.29) is 0 Å². The third-order valence-corrected chi connectivity index (χ3v) is 3.62. The van der Waals surface area contributed by atoms with Gasteiger partial charge in [0.2, 0.25) is 0 Å². The second-order valence-corrected chi connectivity index (χ2v) is 10.4. The lowest BCUT2D eigenvalue weighted by molar-refractivity contribution is 0.111. The molecule has 2 nitrogen and oxygen atoms in total. The van der Waals surface area contributed by atoms with E-state index in [1.807, 2.05) is 6.07 Å². The second kappa shape index (κ2) is 4.99. The molecule has 0 saturated carbocycles. The molecule has 0 unspecified atom stereocenters. The fourth-order valence-electron chi connectivity index (χ4n) is 1.93. The largest absolute Gasteiger partial charge is 0.493 e. The molecule has 0 amide bonds. The Morgan fingerprint density at radius 2 is 2.11 bits per heavy atom. The maximum Gasteiger partial charge on any atom is 0.153 e. The number of aldehydes is 1. The molecule has 1 heterocycles. The zero-order chi connectivity index (χ0) is 13.2. The molecule has 0 aliphatic carbocycles. The molecule has 0 saturated heterocycles. The Hall–Kier alpha value is -1.53. The van der Waals surface area contributed by atoms with Crippen molar-refractivity contribution >= 4 is 14.4 Å². The maximum atomic E-state index is 11.1. The normalized spacial score (nSPS) is 13.9. The van der Waals surface area contributed by atoms with E-state index >= 15 is 0 Å². The number of fused-ring (bicyclic) bond motifs is 1. The van der Waals surface area contributed by atoms with Crippen LogP contribution in [0.3, 0.4) is 0 Å². The van der Waals surface area contributed by atoms with E-state index < -0.39 is 8.07 Å². The summed E-state index contributed by atoms with van der Waals surface area (Å²) < 4.78 is 5.58. The van der Waals surface area contributed by atoms with Crippen LogP contribution in [0.4, 0.5) is 0 Å². The lowest BCUT2D eigenvalue weighted by Gasteiger charge is -2.19. The van der Waals surface area contributed by atoms with E-state index in [9.17, 15) is 4.79 Å². The highest BCUT2D eigenvalue weighted by molar-refractivity contribution is 6.83. The number of benzene rings is 1. The summed E-state index contributed by atoms with van der Waals surface area (Å²) in [4.78, 5) is 11.1. The molecule has 3 heteroatoms. The fourth-order valence-corrected chi connectivity index (χ4v) is 2.45. The zero-order valence-corrected chi connectivity index (χ0v) is 12.2. The summed E-state index contributed by atoms with van der Waals surface area (Å²) in [5.74, 6) is 3.97. The Balaban J connectivity index is 2.44. The maximum absolute atomic E-state index is 11.1. The predicted octanol–water partition coefficient (Wildman–Crippen LogP) is 3.05. The van der Waals surface area contributed by atoms with Gasteiger partial charge in [0.15, 0.2) is 6.29 Å². The first-order chi connectivity index (χ1) is 8.49. The summed E-state index contributed by atoms with van der Waals surface area (Å²) >= 11 is 0. The van der Waals surface area contributed by atoms with Crippen molar-refractivity contribution in [3.8, 4) is 17.2 Å². The minimum atomic E-state index is -1.38. The number of ether oxygens (including phenoxy) is 1. The average Bonchev–Trinajstić information content (AvgIpc) is 2.34. The first-order valence-corrected chi connectivity index (χ1v) is 9.78. The van der Waals surface area contributed by atoms with Crippen LogP contribution in [0.1, 0.15) is 27.9 Å². The van der Waals surface area contributed by atoms with E-state index in [4.69, 9.17) is 4.74 Å². The molecule has 1 aromatic carbocycles. The van der Waals surface area contributed by atoms with Crippen LogP contribution in [-0.4, -0.2) is 21.0 Å². The lowest BCUT2D eigenvalue weighted by atomic mass is 9.99. The SMILES string of the molecule is C[Si](C)(C)C#Cc1cc(C=O)c2c(c1)CCCO2. The molecule has 1 aliphatic rings. The standard InChI is InChI=1S/C15H18O2Si/c1-18(2,3)8-6-12-9-13-5-4-7-17-15(13)14(10-12)11-16/h9-11H,4-5,7H2,1-3H3. The van der Waals surface area contributed by atoms with E-state index in [1.165, 1.54) is 0 Å². The highest BCUT2D eigenvalue weighted by Gasteiger charge is 2.15. The number of carbonyl (C=O) groups is 1. The molecule has 2 rings (SSSR count). The summed E-state index contributed by atoms with van der Waals surface area (Å²) in [5, 5.41) is 0. The summed E-state index contributed by atoms with van der Waals surface area (Å²) in [6.07, 6.45) is 2.85. The summed E-state index contributed by atoms with van der Waals surface area (Å²) in [6, 6.07) is 3.90. The fraction of sp³-hybridized carbons (Fsp3) is 0.400. The van der Waals surface area contributed by atoms with Gasteiger partial charge in [-0.2, -0.15) is 0 Å². The molecule has 0 spiro atoms. The number of rotatable bonds is 1. The van der Waals surface area contributed by atoms with Crippen molar-refractivity contribution in [2.75, 3.05) is 6.61 Å². The highest BCUT2D eigenvalue weighted by Crippen LogP contribution is 2.29. The van der Waals surface area contributed by atoms with Gasteiger partial charge >= 0.3 is 0 Å². The van der Waals surface area contributed by atoms with Gasteiger partial charge in [-0.3, -0.25) is 4.79 Å². The van der Waals surface area contributed by atoms with Crippen LogP contribution in [-0.2, 0) is 6.42 Å². The van der Waals surface area contributed by atoms with Gasteiger partial charge in [0.1, 0.15) is 13.8 Å². The molecule has 1 aromatic rings. The Labute approximate surface area is 109 Å². The van der Waals surface area contributed by atoms with Gasteiger partial charge in [0, 0.05) is 5.56 Å². The number of hydrogen-bond donors (Lipinski definition) is 0. The van der Waals surface area contributed by atoms with Gasteiger partial charge in [-0.1, -0.05) is 25.6 Å². The van der Waals surface area contributed by atoms with Crippen molar-refractivity contribution in [1.82, 2.24) is 0 Å². The van der Waals surface area contributed by atoms with Crippen LogP contribution in [0.15, 0.2) is 12.1 Å². The van der Waals surface area contributed by atoms with Gasteiger partial charge in [0.25, 0.3) is 0 Å². The highest BCUT2D eigenvalue weighted by atomic mass is 28.3. The van der Waals surface area contributed by atoms with E-state index in [2.05, 4.69) is 37.2 Å². The monoisotopic (exact) mass is 258 g/mol. The first kappa shape index (κ1) is 12.9. The first-order valence-electron chi connectivity index (χ1n) is 6.28. The predicted molar refractivity (Wildman–Crippen MR) is 75.9 cm³/mol. The van der Waals surface area contributed by atoms with Gasteiger partial charge in [-0.05, 0) is 30.5 Å². The Bertz CT molecular complexity index is 530. The molecular formula is C15H18O2Si. The third-order valence-electron chi connectivity index (χ3n) is 2.74. The van der Waals surface area contributed by atoms with Crippen molar-refractivity contribution in [3.05, 3.63) is 28.8 Å². The molecule has 0 aromatic heterocycles. The smallest absolute Gasteiger partial charge is 0.153 e. The van der Waals surface area contributed by atoms with Crippen LogP contribution in [0.5, 0.6) is 5.75 Å². The van der Waals surface area contributed by atoms with E-state index in [0.29, 0.717) is 12.2 Å². The van der Waals surface area contributed by atoms with Crippen LogP contribution in [0.25, 0.3) is 0 Å². The van der Waals surface area contributed by atoms with Crippen molar-refractivity contribution in [2.24, 2.45) is 0 Å². The third kappa shape index (κ3) is 3.02. The molecule has 0 N–H and O–H groups in total. The minimum absolute atomic E-state index is 0.632. The van der Waals surface area contributed by atoms with Gasteiger partial charge in [-0.25, -0.2) is 0 Å². The Kier molecular flexibility index (Phi) is 3.58. The Morgan fingerprint density at radius 3 is 2.78 bits per heavy atom. The van der Waals surface area contributed by atoms with Crippen LogP contribution < -0.4 is 4.74 Å². The van der Waals surface area contributed by atoms with Crippen molar-refractivity contribution in [1.29, 1.82) is 0 Å². The van der Waals surface area contributed by atoms with Gasteiger partial charge < -0.3 is 4.74 Å². The number of aryl methyl sites for hydroxylation is 1. The van der Waals surface area contributed by atoms with E-state index in [0.717, 1.165) is 36.0 Å². The van der Waals surface area contributed by atoms with Gasteiger partial charge in [-0.15, -0.1) is 5.54 Å². The van der Waals surface area contributed by atoms with E-state index in [1.54, 1.807) is 0 Å². The van der Waals surface area contributed by atoms with Crippen LogP contribution in [0, 0.1) is 11.5 Å². The van der Waals surface area contributed by atoms with Crippen molar-refractivity contribution in [3.63, 3.8) is 0 Å². The zero-order valence-electron chi connectivity index (χ0n) is 11.2. The minimum Gasteiger partial charge on any atom is -0.493 e. The molecule has 94 valence electrons. The van der Waals surface area contributed by atoms with Crippen LogP contribution in [0.2, 0.25) is 19.6 Å². The number of carbonyl (C=O) groups excluding carboxylic acids is 1. The number of hydrogen-bond acceptors (Lipinski definition) is 2. The Morgan fingerprint density at radius 1 is 1.33 bits per heavy atom. The molecule has 18 heavy (non-hydrogen) atoms. The molecule has 0 radical (unpaired) electrons. The summed E-state index contributed by atoms with van der Waals surface area (Å²) in [5.41, 5.74) is 6.01. The average molecular weight is 258 g/mol. The lowest BCUT2D eigenvalue weighted by Crippen LogP contribution is -2.16. The quantitative estimate of drug-likeness (QED) is 0.439. The second-order valence-electron chi connectivity index (χ2n) is 5.62. The molecule has 0 atom stereocenters. The van der Waals surface area contributed by atoms with Crippen molar-refractivity contribution < 1.29 is 9.53 Å². The molecular weight excluding hydrogens is 240 g/mol. The van der Waals surface area contributed by atoms with Gasteiger partial charge in [0.05, 0.1) is 12.2 Å².